The van der Waals surface area contributed by atoms with E-state index in [2.05, 4.69) is 56.6 Å². The lowest BCUT2D eigenvalue weighted by atomic mass is 9.50. The minimum absolute atomic E-state index is 0.196. The highest BCUT2D eigenvalue weighted by Gasteiger charge is 2.50. The molecule has 0 radical (unpaired) electrons. The van der Waals surface area contributed by atoms with Crippen molar-refractivity contribution in [1.29, 1.82) is 0 Å². The van der Waals surface area contributed by atoms with E-state index < -0.39 is 0 Å². The highest BCUT2D eigenvalue weighted by Crippen LogP contribution is 2.59. The number of phenols is 1. The summed E-state index contributed by atoms with van der Waals surface area (Å²) in [7, 11) is 0. The second-order valence-electron chi connectivity index (χ2n) is 8.67. The molecule has 1 N–H and O–H groups in total. The number of aromatic hydroxyl groups is 1. The first-order chi connectivity index (χ1) is 10.2. The third kappa shape index (κ3) is 2.25. The van der Waals surface area contributed by atoms with Crippen LogP contribution < -0.4 is 0 Å². The van der Waals surface area contributed by atoms with Gasteiger partial charge in [0.15, 0.2) is 0 Å². The zero-order valence-corrected chi connectivity index (χ0v) is 16.2. The Bertz CT molecular complexity index is 602. The maximum absolute atomic E-state index is 10.7. The van der Waals surface area contributed by atoms with Gasteiger partial charge in [0.25, 0.3) is 0 Å². The lowest BCUT2D eigenvalue weighted by Crippen LogP contribution is -2.48. The molecule has 0 bridgehead atoms. The summed E-state index contributed by atoms with van der Waals surface area (Å²) >= 11 is 3.77. The van der Waals surface area contributed by atoms with Crippen LogP contribution in [0.3, 0.4) is 0 Å². The van der Waals surface area contributed by atoms with Gasteiger partial charge >= 0.3 is 0 Å². The number of fused-ring (bicyclic) bond motifs is 3. The number of hydrogen-bond donors (Lipinski definition) is 1. The van der Waals surface area contributed by atoms with Gasteiger partial charge in [0.2, 0.25) is 0 Å². The Kier molecular flexibility index (Phi) is 3.91. The van der Waals surface area contributed by atoms with E-state index in [0.29, 0.717) is 23.0 Å². The topological polar surface area (TPSA) is 20.2 Å². The van der Waals surface area contributed by atoms with Crippen LogP contribution in [0.1, 0.15) is 82.9 Å². The maximum Gasteiger partial charge on any atom is 0.133 e. The smallest absolute Gasteiger partial charge is 0.133 e. The first-order valence-corrected chi connectivity index (χ1v) is 9.52. The van der Waals surface area contributed by atoms with Gasteiger partial charge in [-0.3, -0.25) is 0 Å². The Morgan fingerprint density at radius 1 is 1.23 bits per heavy atom. The predicted octanol–water partition coefficient (Wildman–Crippen LogP) is 6.31. The zero-order chi connectivity index (χ0) is 16.3. The highest BCUT2D eigenvalue weighted by atomic mass is 79.9. The van der Waals surface area contributed by atoms with Crippen molar-refractivity contribution < 1.29 is 5.11 Å². The molecule has 0 spiro atoms. The van der Waals surface area contributed by atoms with Crippen molar-refractivity contribution in [2.75, 3.05) is 0 Å². The van der Waals surface area contributed by atoms with Crippen LogP contribution in [0.2, 0.25) is 0 Å². The quantitative estimate of drug-likeness (QED) is 0.618. The summed E-state index contributed by atoms with van der Waals surface area (Å²) in [5, 5.41) is 10.7. The molecule has 2 aliphatic carbocycles. The van der Waals surface area contributed by atoms with Crippen LogP contribution in [0.15, 0.2) is 10.5 Å². The van der Waals surface area contributed by atoms with E-state index in [1.807, 2.05) is 0 Å². The van der Waals surface area contributed by atoms with Crippen molar-refractivity contribution in [3.63, 3.8) is 0 Å². The minimum atomic E-state index is 0.196. The number of rotatable bonds is 1. The van der Waals surface area contributed by atoms with Gasteiger partial charge in [-0.25, -0.2) is 0 Å². The standard InChI is InChI=1S/C20H29BrO/c1-12(2)14-11-13-7-8-15-19(3,4)9-6-10-20(15,5)16(13)17(21)18(14)22/h11-12,15,22H,6-10H2,1-5H3/t15-,20-/m0/s1. The average Bonchev–Trinajstić information content (AvgIpc) is 2.40. The molecule has 0 saturated heterocycles. The summed E-state index contributed by atoms with van der Waals surface area (Å²) < 4.78 is 0.971. The molecule has 1 aromatic carbocycles. The Morgan fingerprint density at radius 3 is 2.55 bits per heavy atom. The summed E-state index contributed by atoms with van der Waals surface area (Å²) in [6.07, 6.45) is 6.30. The van der Waals surface area contributed by atoms with Gasteiger partial charge in [-0.2, -0.15) is 0 Å². The first kappa shape index (κ1) is 16.4. The highest BCUT2D eigenvalue weighted by molar-refractivity contribution is 9.10. The fourth-order valence-corrected chi connectivity index (χ4v) is 6.34. The molecule has 122 valence electrons. The number of hydrogen-bond acceptors (Lipinski definition) is 1. The molecular weight excluding hydrogens is 336 g/mol. The van der Waals surface area contributed by atoms with Crippen LogP contribution in [0, 0.1) is 11.3 Å². The molecule has 0 amide bonds. The molecule has 0 aliphatic heterocycles. The molecule has 0 unspecified atom stereocenters. The lowest BCUT2D eigenvalue weighted by Gasteiger charge is -2.54. The van der Waals surface area contributed by atoms with E-state index in [0.717, 1.165) is 16.5 Å². The molecule has 1 saturated carbocycles. The molecule has 22 heavy (non-hydrogen) atoms. The van der Waals surface area contributed by atoms with Crippen molar-refractivity contribution in [2.24, 2.45) is 11.3 Å². The second kappa shape index (κ2) is 5.26. The van der Waals surface area contributed by atoms with E-state index in [4.69, 9.17) is 0 Å². The lowest BCUT2D eigenvalue weighted by molar-refractivity contribution is 0.0400. The molecule has 2 heteroatoms. The van der Waals surface area contributed by atoms with Crippen molar-refractivity contribution >= 4 is 15.9 Å². The van der Waals surface area contributed by atoms with Crippen molar-refractivity contribution in [3.8, 4) is 5.75 Å². The van der Waals surface area contributed by atoms with Crippen LogP contribution in [0.5, 0.6) is 5.75 Å². The summed E-state index contributed by atoms with van der Waals surface area (Å²) in [5.74, 6) is 1.54. The van der Waals surface area contributed by atoms with E-state index in [1.165, 1.54) is 36.8 Å². The van der Waals surface area contributed by atoms with Gasteiger partial charge in [0.1, 0.15) is 5.75 Å². The van der Waals surface area contributed by atoms with Gasteiger partial charge in [0, 0.05) is 0 Å². The van der Waals surface area contributed by atoms with Crippen LogP contribution in [-0.4, -0.2) is 5.11 Å². The van der Waals surface area contributed by atoms with E-state index in [-0.39, 0.29) is 5.41 Å². The minimum Gasteiger partial charge on any atom is -0.506 e. The monoisotopic (exact) mass is 364 g/mol. The van der Waals surface area contributed by atoms with E-state index in [1.54, 1.807) is 0 Å². The second-order valence-corrected chi connectivity index (χ2v) is 9.46. The molecule has 1 aromatic rings. The molecule has 1 nitrogen and oxygen atoms in total. The maximum atomic E-state index is 10.7. The van der Waals surface area contributed by atoms with Crippen molar-refractivity contribution in [1.82, 2.24) is 0 Å². The molecule has 2 atom stereocenters. The Morgan fingerprint density at radius 2 is 1.91 bits per heavy atom. The van der Waals surface area contributed by atoms with Crippen LogP contribution in [-0.2, 0) is 11.8 Å². The van der Waals surface area contributed by atoms with E-state index >= 15 is 0 Å². The third-order valence-corrected chi connectivity index (χ3v) is 7.25. The summed E-state index contributed by atoms with van der Waals surface area (Å²) in [6.45, 7) is 11.6. The molecule has 0 aromatic heterocycles. The van der Waals surface area contributed by atoms with E-state index in [9.17, 15) is 5.11 Å². The van der Waals surface area contributed by atoms with Gasteiger partial charge in [0.05, 0.1) is 4.47 Å². The Labute approximate surface area is 143 Å². The zero-order valence-electron chi connectivity index (χ0n) is 14.6. The van der Waals surface area contributed by atoms with Crippen LogP contribution >= 0.6 is 15.9 Å². The van der Waals surface area contributed by atoms with Gasteiger partial charge in [-0.1, -0.05) is 47.1 Å². The van der Waals surface area contributed by atoms with Crippen molar-refractivity contribution in [3.05, 3.63) is 27.2 Å². The normalized spacial score (nSPS) is 30.0. The van der Waals surface area contributed by atoms with Crippen molar-refractivity contribution in [2.45, 2.75) is 78.1 Å². The largest absolute Gasteiger partial charge is 0.506 e. The Hall–Kier alpha value is -0.500. The predicted molar refractivity (Wildman–Crippen MR) is 96.7 cm³/mol. The Balaban J connectivity index is 2.20. The molecule has 3 rings (SSSR count). The fraction of sp³-hybridized carbons (Fsp3) is 0.700. The average molecular weight is 365 g/mol. The fourth-order valence-electron chi connectivity index (χ4n) is 5.40. The van der Waals surface area contributed by atoms with Gasteiger partial charge < -0.3 is 5.11 Å². The summed E-state index contributed by atoms with van der Waals surface area (Å²) in [4.78, 5) is 0. The number of aryl methyl sites for hydroxylation is 1. The first-order valence-electron chi connectivity index (χ1n) is 8.73. The number of benzene rings is 1. The SMILES string of the molecule is CC(C)c1cc2c(c(Br)c1O)[C@@]1(C)CCCC(C)(C)[C@@H]1CC2. The molecule has 0 heterocycles. The molecule has 2 aliphatic rings. The summed E-state index contributed by atoms with van der Waals surface area (Å²) in [5.41, 5.74) is 4.54. The number of halogens is 1. The number of phenolic OH excluding ortho intramolecular Hbond substituents is 1. The molecule has 1 fully saturated rings. The summed E-state index contributed by atoms with van der Waals surface area (Å²) in [6, 6.07) is 2.28. The van der Waals surface area contributed by atoms with Gasteiger partial charge in [-0.05, 0) is 81.0 Å². The van der Waals surface area contributed by atoms with Crippen LogP contribution in [0.4, 0.5) is 0 Å². The van der Waals surface area contributed by atoms with Gasteiger partial charge in [-0.15, -0.1) is 0 Å². The van der Waals surface area contributed by atoms with Crippen LogP contribution in [0.25, 0.3) is 0 Å². The molecular formula is C20H29BrO. The third-order valence-electron chi connectivity index (χ3n) is 6.48.